The van der Waals surface area contributed by atoms with Gasteiger partial charge in [-0.25, -0.2) is 13.1 Å². The van der Waals surface area contributed by atoms with Crippen molar-refractivity contribution in [3.8, 4) is 0 Å². The third-order valence-electron chi connectivity index (χ3n) is 3.50. The minimum absolute atomic E-state index is 0.0695. The van der Waals surface area contributed by atoms with Crippen molar-refractivity contribution in [1.29, 1.82) is 0 Å². The van der Waals surface area contributed by atoms with E-state index in [0.717, 1.165) is 5.56 Å². The van der Waals surface area contributed by atoms with Crippen LogP contribution in [0.3, 0.4) is 0 Å². The number of aryl methyl sites for hydroxylation is 1. The van der Waals surface area contributed by atoms with Crippen LogP contribution in [0.1, 0.15) is 32.8 Å². The minimum atomic E-state index is -3.61. The number of carbonyl (C=O) groups is 1. The Morgan fingerprint density at radius 3 is 2.19 bits per heavy atom. The standard InChI is InChI=1S/C15H23NO4S/c1-11-5-7-13(8-6-11)21(19,20)16-10-12(9-14(17)18)15(2,3)4/h5-8,12,16H,9-10H2,1-4H3,(H,17,18). The molecule has 0 bridgehead atoms. The summed E-state index contributed by atoms with van der Waals surface area (Å²) in [6.07, 6.45) is -0.0695. The summed E-state index contributed by atoms with van der Waals surface area (Å²) in [5, 5.41) is 8.95. The molecule has 0 heterocycles. The highest BCUT2D eigenvalue weighted by Crippen LogP contribution is 2.28. The number of benzene rings is 1. The lowest BCUT2D eigenvalue weighted by Crippen LogP contribution is -2.36. The highest BCUT2D eigenvalue weighted by molar-refractivity contribution is 7.89. The van der Waals surface area contributed by atoms with Crippen LogP contribution in [0.4, 0.5) is 0 Å². The summed E-state index contributed by atoms with van der Waals surface area (Å²) in [6.45, 7) is 7.70. The summed E-state index contributed by atoms with van der Waals surface area (Å²) in [4.78, 5) is 11.1. The molecule has 0 aliphatic carbocycles. The van der Waals surface area contributed by atoms with E-state index in [4.69, 9.17) is 5.11 Å². The molecule has 0 saturated carbocycles. The molecule has 0 amide bonds. The Balaban J connectivity index is 2.83. The first-order valence-corrected chi connectivity index (χ1v) is 8.29. The van der Waals surface area contributed by atoms with Crippen molar-refractivity contribution in [3.05, 3.63) is 29.8 Å². The molecule has 0 aliphatic rings. The van der Waals surface area contributed by atoms with Crippen LogP contribution in [0.5, 0.6) is 0 Å². The fourth-order valence-electron chi connectivity index (χ4n) is 1.91. The van der Waals surface area contributed by atoms with Crippen LogP contribution in [-0.4, -0.2) is 26.0 Å². The Morgan fingerprint density at radius 1 is 1.24 bits per heavy atom. The SMILES string of the molecule is Cc1ccc(S(=O)(=O)NCC(CC(=O)O)C(C)(C)C)cc1. The molecule has 5 nitrogen and oxygen atoms in total. The number of hydrogen-bond donors (Lipinski definition) is 2. The van der Waals surface area contributed by atoms with E-state index in [2.05, 4.69) is 4.72 Å². The highest BCUT2D eigenvalue weighted by Gasteiger charge is 2.28. The molecule has 0 fully saturated rings. The Bertz CT molecular complexity index is 585. The van der Waals surface area contributed by atoms with E-state index in [1.54, 1.807) is 24.3 Å². The van der Waals surface area contributed by atoms with E-state index in [9.17, 15) is 13.2 Å². The van der Waals surface area contributed by atoms with Gasteiger partial charge in [0.1, 0.15) is 0 Å². The van der Waals surface area contributed by atoms with E-state index in [1.807, 2.05) is 27.7 Å². The first-order valence-electron chi connectivity index (χ1n) is 6.80. The Morgan fingerprint density at radius 2 is 1.76 bits per heavy atom. The molecule has 1 rings (SSSR count). The van der Waals surface area contributed by atoms with Crippen molar-refractivity contribution >= 4 is 16.0 Å². The van der Waals surface area contributed by atoms with Gasteiger partial charge in [-0.1, -0.05) is 38.5 Å². The fourth-order valence-corrected chi connectivity index (χ4v) is 2.99. The maximum Gasteiger partial charge on any atom is 0.303 e. The van der Waals surface area contributed by atoms with Crippen molar-refractivity contribution in [3.63, 3.8) is 0 Å². The maximum atomic E-state index is 12.2. The first kappa shape index (κ1) is 17.7. The summed E-state index contributed by atoms with van der Waals surface area (Å²) >= 11 is 0. The molecular formula is C15H23NO4S. The van der Waals surface area contributed by atoms with Crippen LogP contribution in [0.15, 0.2) is 29.2 Å². The van der Waals surface area contributed by atoms with Crippen LogP contribution in [0, 0.1) is 18.3 Å². The molecule has 0 radical (unpaired) electrons. The van der Waals surface area contributed by atoms with E-state index in [-0.39, 0.29) is 29.2 Å². The van der Waals surface area contributed by atoms with Gasteiger partial charge in [0.25, 0.3) is 0 Å². The molecule has 1 atom stereocenters. The second-order valence-corrected chi connectivity index (χ2v) is 8.09. The van der Waals surface area contributed by atoms with Crippen LogP contribution in [0.2, 0.25) is 0 Å². The zero-order valence-corrected chi connectivity index (χ0v) is 13.7. The van der Waals surface area contributed by atoms with Crippen molar-refractivity contribution < 1.29 is 18.3 Å². The zero-order chi connectivity index (χ0) is 16.3. The minimum Gasteiger partial charge on any atom is -0.481 e. The number of aliphatic carboxylic acids is 1. The van der Waals surface area contributed by atoms with Crippen molar-refractivity contribution in [1.82, 2.24) is 4.72 Å². The van der Waals surface area contributed by atoms with Crippen molar-refractivity contribution in [2.45, 2.75) is 39.0 Å². The zero-order valence-electron chi connectivity index (χ0n) is 12.9. The summed E-state index contributed by atoms with van der Waals surface area (Å²) in [5.74, 6) is -1.21. The van der Waals surface area contributed by atoms with E-state index >= 15 is 0 Å². The topological polar surface area (TPSA) is 83.5 Å². The molecule has 0 spiro atoms. The van der Waals surface area contributed by atoms with Crippen LogP contribution in [0.25, 0.3) is 0 Å². The molecule has 21 heavy (non-hydrogen) atoms. The third kappa shape index (κ3) is 5.47. The van der Waals surface area contributed by atoms with Gasteiger partial charge in [0, 0.05) is 13.0 Å². The van der Waals surface area contributed by atoms with Gasteiger partial charge in [-0.2, -0.15) is 0 Å². The lowest BCUT2D eigenvalue weighted by Gasteiger charge is -2.29. The largest absolute Gasteiger partial charge is 0.481 e. The van der Waals surface area contributed by atoms with E-state index in [1.165, 1.54) is 0 Å². The lowest BCUT2D eigenvalue weighted by molar-refractivity contribution is -0.139. The van der Waals surface area contributed by atoms with Gasteiger partial charge >= 0.3 is 5.97 Å². The number of nitrogens with one attached hydrogen (secondary N) is 1. The number of carboxylic acids is 1. The second-order valence-electron chi connectivity index (χ2n) is 6.33. The normalized spacial score (nSPS) is 13.9. The second kappa shape index (κ2) is 6.58. The van der Waals surface area contributed by atoms with Crippen LogP contribution < -0.4 is 4.72 Å². The Labute approximate surface area is 126 Å². The van der Waals surface area contributed by atoms with Gasteiger partial charge in [0.15, 0.2) is 0 Å². The average Bonchev–Trinajstić information content (AvgIpc) is 2.33. The third-order valence-corrected chi connectivity index (χ3v) is 4.94. The number of hydrogen-bond acceptors (Lipinski definition) is 3. The van der Waals surface area contributed by atoms with Gasteiger partial charge in [-0.05, 0) is 30.4 Å². The summed E-state index contributed by atoms with van der Waals surface area (Å²) in [5.41, 5.74) is 0.682. The molecule has 0 aliphatic heterocycles. The summed E-state index contributed by atoms with van der Waals surface area (Å²) in [6, 6.07) is 6.54. The van der Waals surface area contributed by atoms with Gasteiger partial charge in [0.2, 0.25) is 10.0 Å². The van der Waals surface area contributed by atoms with Crippen molar-refractivity contribution in [2.75, 3.05) is 6.54 Å². The molecule has 1 aromatic rings. The monoisotopic (exact) mass is 313 g/mol. The summed E-state index contributed by atoms with van der Waals surface area (Å²) < 4.78 is 26.9. The molecular weight excluding hydrogens is 290 g/mol. The molecule has 0 aromatic heterocycles. The first-order chi connectivity index (χ1) is 9.52. The Hall–Kier alpha value is -1.40. The average molecular weight is 313 g/mol. The predicted molar refractivity (Wildman–Crippen MR) is 81.6 cm³/mol. The molecule has 2 N–H and O–H groups in total. The van der Waals surface area contributed by atoms with E-state index in [0.29, 0.717) is 0 Å². The van der Waals surface area contributed by atoms with Crippen LogP contribution >= 0.6 is 0 Å². The number of sulfonamides is 1. The molecule has 118 valence electrons. The lowest BCUT2D eigenvalue weighted by atomic mass is 9.79. The van der Waals surface area contributed by atoms with Gasteiger partial charge < -0.3 is 5.11 Å². The van der Waals surface area contributed by atoms with Gasteiger partial charge in [0.05, 0.1) is 4.90 Å². The number of rotatable bonds is 6. The van der Waals surface area contributed by atoms with Crippen LogP contribution in [-0.2, 0) is 14.8 Å². The van der Waals surface area contributed by atoms with E-state index < -0.39 is 16.0 Å². The smallest absolute Gasteiger partial charge is 0.303 e. The maximum absolute atomic E-state index is 12.2. The highest BCUT2D eigenvalue weighted by atomic mass is 32.2. The molecule has 1 unspecified atom stereocenters. The summed E-state index contributed by atoms with van der Waals surface area (Å²) in [7, 11) is -3.61. The van der Waals surface area contributed by atoms with Crippen molar-refractivity contribution in [2.24, 2.45) is 11.3 Å². The predicted octanol–water partition coefficient (Wildman–Crippen LogP) is 2.41. The fraction of sp³-hybridized carbons (Fsp3) is 0.533. The number of carboxylic acid groups (broad SMARTS) is 1. The molecule has 6 heteroatoms. The quantitative estimate of drug-likeness (QED) is 0.845. The molecule has 0 saturated heterocycles. The van der Waals surface area contributed by atoms with Gasteiger partial charge in [-0.3, -0.25) is 4.79 Å². The molecule has 1 aromatic carbocycles. The Kier molecular flexibility index (Phi) is 5.53. The van der Waals surface area contributed by atoms with Gasteiger partial charge in [-0.15, -0.1) is 0 Å².